The first-order valence-corrected chi connectivity index (χ1v) is 8.27. The Labute approximate surface area is 140 Å². The molecular formula is C18H21N3O3. The van der Waals surface area contributed by atoms with Crippen LogP contribution in [-0.2, 0) is 9.59 Å². The Morgan fingerprint density at radius 3 is 3.08 bits per heavy atom. The Kier molecular flexibility index (Phi) is 5.25. The van der Waals surface area contributed by atoms with E-state index in [-0.39, 0.29) is 11.8 Å². The molecule has 0 aliphatic carbocycles. The Morgan fingerprint density at radius 1 is 1.33 bits per heavy atom. The van der Waals surface area contributed by atoms with Crippen molar-refractivity contribution in [3.8, 4) is 5.75 Å². The summed E-state index contributed by atoms with van der Waals surface area (Å²) in [6.07, 6.45) is 3.88. The van der Waals surface area contributed by atoms with Crippen molar-refractivity contribution in [2.75, 3.05) is 19.7 Å². The van der Waals surface area contributed by atoms with E-state index >= 15 is 0 Å². The maximum Gasteiger partial charge on any atom is 0.232 e. The van der Waals surface area contributed by atoms with Crippen molar-refractivity contribution in [1.29, 1.82) is 0 Å². The molecular weight excluding hydrogens is 306 g/mol. The number of benzene rings is 1. The number of hydrogen-bond acceptors (Lipinski definition) is 4. The third kappa shape index (κ3) is 3.82. The third-order valence-corrected chi connectivity index (χ3v) is 4.08. The summed E-state index contributed by atoms with van der Waals surface area (Å²) in [7, 11) is 0. The van der Waals surface area contributed by atoms with Crippen LogP contribution in [0.4, 0.5) is 0 Å². The molecule has 2 N–H and O–H groups in total. The highest BCUT2D eigenvalue weighted by Crippen LogP contribution is 2.22. The first kappa shape index (κ1) is 16.2. The molecule has 0 radical (unpaired) electrons. The molecule has 6 nitrogen and oxygen atoms in total. The maximum absolute atomic E-state index is 12.0. The van der Waals surface area contributed by atoms with Gasteiger partial charge in [-0.25, -0.2) is 0 Å². The minimum absolute atomic E-state index is 0.170. The van der Waals surface area contributed by atoms with E-state index in [0.717, 1.165) is 23.1 Å². The fourth-order valence-electron chi connectivity index (χ4n) is 2.80. The Bertz CT molecular complexity index is 727. The van der Waals surface area contributed by atoms with Crippen molar-refractivity contribution < 1.29 is 14.3 Å². The molecule has 24 heavy (non-hydrogen) atoms. The molecule has 1 aliphatic heterocycles. The first-order valence-electron chi connectivity index (χ1n) is 8.27. The van der Waals surface area contributed by atoms with Crippen LogP contribution in [0.15, 0.2) is 36.5 Å². The van der Waals surface area contributed by atoms with Crippen LogP contribution < -0.4 is 15.4 Å². The number of rotatable bonds is 6. The van der Waals surface area contributed by atoms with E-state index in [1.54, 1.807) is 6.20 Å². The molecule has 3 rings (SSSR count). The number of carbonyl (C=O) groups is 2. The summed E-state index contributed by atoms with van der Waals surface area (Å²) in [5.41, 5.74) is 0.836. The zero-order valence-electron chi connectivity index (χ0n) is 13.5. The number of nitrogens with zero attached hydrogens (tertiary/aromatic N) is 1. The lowest BCUT2D eigenvalue weighted by molar-refractivity contribution is -0.136. The molecule has 1 fully saturated rings. The van der Waals surface area contributed by atoms with Crippen molar-refractivity contribution in [2.45, 2.75) is 19.3 Å². The summed E-state index contributed by atoms with van der Waals surface area (Å²) < 4.78 is 5.77. The molecule has 0 bridgehead atoms. The minimum Gasteiger partial charge on any atom is -0.491 e. The molecule has 1 aromatic heterocycles. The van der Waals surface area contributed by atoms with Gasteiger partial charge in [-0.15, -0.1) is 0 Å². The van der Waals surface area contributed by atoms with E-state index in [0.29, 0.717) is 32.5 Å². The van der Waals surface area contributed by atoms with Gasteiger partial charge in [0.1, 0.15) is 17.2 Å². The SMILES string of the molecule is O=C(NCCCOc1cccc2cccnc12)C1CCCNC1=O. The van der Waals surface area contributed by atoms with Gasteiger partial charge in [-0.2, -0.15) is 0 Å². The van der Waals surface area contributed by atoms with Crippen LogP contribution >= 0.6 is 0 Å². The van der Waals surface area contributed by atoms with Gasteiger partial charge in [0.15, 0.2) is 0 Å². The lowest BCUT2D eigenvalue weighted by Crippen LogP contribution is -2.45. The molecule has 1 unspecified atom stereocenters. The average Bonchev–Trinajstić information content (AvgIpc) is 2.62. The normalized spacial score (nSPS) is 17.3. The lowest BCUT2D eigenvalue weighted by atomic mass is 9.98. The Balaban J connectivity index is 1.44. The van der Waals surface area contributed by atoms with Crippen LogP contribution in [0.5, 0.6) is 5.75 Å². The molecule has 2 heterocycles. The molecule has 126 valence electrons. The Hall–Kier alpha value is -2.63. The summed E-state index contributed by atoms with van der Waals surface area (Å²) in [4.78, 5) is 28.0. The molecule has 0 saturated carbocycles. The van der Waals surface area contributed by atoms with E-state index < -0.39 is 5.92 Å². The topological polar surface area (TPSA) is 80.3 Å². The van der Waals surface area contributed by atoms with E-state index in [4.69, 9.17) is 4.74 Å². The van der Waals surface area contributed by atoms with Gasteiger partial charge in [-0.05, 0) is 31.4 Å². The summed E-state index contributed by atoms with van der Waals surface area (Å²) in [5, 5.41) is 6.57. The predicted molar refractivity (Wildman–Crippen MR) is 90.6 cm³/mol. The number of hydrogen-bond donors (Lipinski definition) is 2. The summed E-state index contributed by atoms with van der Waals surface area (Å²) >= 11 is 0. The van der Waals surface area contributed by atoms with Gasteiger partial charge in [0.2, 0.25) is 11.8 Å². The number of pyridine rings is 1. The zero-order chi connectivity index (χ0) is 16.8. The molecule has 2 aromatic rings. The molecule has 1 aromatic carbocycles. The van der Waals surface area contributed by atoms with Gasteiger partial charge in [0.05, 0.1) is 6.61 Å². The predicted octanol–water partition coefficient (Wildman–Crippen LogP) is 1.65. The second-order valence-corrected chi connectivity index (χ2v) is 5.81. The largest absolute Gasteiger partial charge is 0.491 e. The van der Waals surface area contributed by atoms with Gasteiger partial charge in [-0.3, -0.25) is 14.6 Å². The minimum atomic E-state index is -0.554. The van der Waals surface area contributed by atoms with Crippen LogP contribution in [0.25, 0.3) is 10.9 Å². The number of aromatic nitrogens is 1. The number of fused-ring (bicyclic) bond motifs is 1. The van der Waals surface area contributed by atoms with E-state index in [1.807, 2.05) is 30.3 Å². The standard InChI is InChI=1S/C18H21N3O3/c22-17-14(7-3-10-20-17)18(23)21-11-4-12-24-15-8-1-5-13-6-2-9-19-16(13)15/h1-2,5-6,8-9,14H,3-4,7,10-12H2,(H,20,22)(H,21,23). The number of carbonyl (C=O) groups excluding carboxylic acids is 2. The molecule has 0 spiro atoms. The smallest absolute Gasteiger partial charge is 0.232 e. The molecule has 1 saturated heterocycles. The third-order valence-electron chi connectivity index (χ3n) is 4.08. The second kappa shape index (κ2) is 7.77. The van der Waals surface area contributed by atoms with Crippen LogP contribution in [-0.4, -0.2) is 36.5 Å². The van der Waals surface area contributed by atoms with Gasteiger partial charge in [0, 0.05) is 24.7 Å². The number of piperidine rings is 1. The highest BCUT2D eigenvalue weighted by Gasteiger charge is 2.28. The fourth-order valence-corrected chi connectivity index (χ4v) is 2.80. The molecule has 2 amide bonds. The van der Waals surface area contributed by atoms with Gasteiger partial charge in [-0.1, -0.05) is 18.2 Å². The maximum atomic E-state index is 12.0. The van der Waals surface area contributed by atoms with Crippen molar-refractivity contribution in [3.63, 3.8) is 0 Å². The molecule has 1 aliphatic rings. The van der Waals surface area contributed by atoms with Gasteiger partial charge < -0.3 is 15.4 Å². The fraction of sp³-hybridized carbons (Fsp3) is 0.389. The zero-order valence-corrected chi connectivity index (χ0v) is 13.5. The highest BCUT2D eigenvalue weighted by atomic mass is 16.5. The molecule has 6 heteroatoms. The van der Waals surface area contributed by atoms with E-state index in [1.165, 1.54) is 0 Å². The summed E-state index contributed by atoms with van der Waals surface area (Å²) in [5.74, 6) is -0.177. The second-order valence-electron chi connectivity index (χ2n) is 5.81. The summed E-state index contributed by atoms with van der Waals surface area (Å²) in [6.45, 7) is 1.63. The van der Waals surface area contributed by atoms with E-state index in [9.17, 15) is 9.59 Å². The number of amides is 2. The van der Waals surface area contributed by atoms with Gasteiger partial charge >= 0.3 is 0 Å². The van der Waals surface area contributed by atoms with Crippen molar-refractivity contribution >= 4 is 22.7 Å². The van der Waals surface area contributed by atoms with Crippen LogP contribution in [0.1, 0.15) is 19.3 Å². The van der Waals surface area contributed by atoms with Gasteiger partial charge in [0.25, 0.3) is 0 Å². The van der Waals surface area contributed by atoms with E-state index in [2.05, 4.69) is 15.6 Å². The average molecular weight is 327 g/mol. The van der Waals surface area contributed by atoms with Crippen molar-refractivity contribution in [2.24, 2.45) is 5.92 Å². The van der Waals surface area contributed by atoms with Crippen LogP contribution in [0, 0.1) is 5.92 Å². The number of ether oxygens (including phenoxy) is 1. The first-order chi connectivity index (χ1) is 11.8. The van der Waals surface area contributed by atoms with Crippen molar-refractivity contribution in [1.82, 2.24) is 15.6 Å². The van der Waals surface area contributed by atoms with Crippen molar-refractivity contribution in [3.05, 3.63) is 36.5 Å². The monoisotopic (exact) mass is 327 g/mol. The summed E-state index contributed by atoms with van der Waals surface area (Å²) in [6, 6.07) is 9.70. The molecule has 1 atom stereocenters. The lowest BCUT2D eigenvalue weighted by Gasteiger charge is -2.21. The number of nitrogens with one attached hydrogen (secondary N) is 2. The highest BCUT2D eigenvalue weighted by molar-refractivity contribution is 6.00. The van der Waals surface area contributed by atoms with Crippen LogP contribution in [0.3, 0.4) is 0 Å². The number of para-hydroxylation sites is 1. The quantitative estimate of drug-likeness (QED) is 0.624. The Morgan fingerprint density at radius 2 is 2.21 bits per heavy atom. The van der Waals surface area contributed by atoms with Crippen LogP contribution in [0.2, 0.25) is 0 Å².